The van der Waals surface area contributed by atoms with Crippen LogP contribution in [0.15, 0.2) is 24.3 Å². The van der Waals surface area contributed by atoms with E-state index in [1.54, 1.807) is 12.1 Å². The minimum Gasteiger partial charge on any atom is -0.396 e. The summed E-state index contributed by atoms with van der Waals surface area (Å²) in [5, 5.41) is 0. The Labute approximate surface area is 75.4 Å². The van der Waals surface area contributed by atoms with E-state index in [2.05, 4.69) is 10.9 Å². The van der Waals surface area contributed by atoms with Crippen LogP contribution in [0.5, 0.6) is 0 Å². The first-order chi connectivity index (χ1) is 6.27. The quantitative estimate of drug-likeness (QED) is 0.560. The summed E-state index contributed by atoms with van der Waals surface area (Å²) in [4.78, 5) is 0. The van der Waals surface area contributed by atoms with Gasteiger partial charge in [0.2, 0.25) is 0 Å². The van der Waals surface area contributed by atoms with Gasteiger partial charge in [-0.1, -0.05) is 0 Å². The summed E-state index contributed by atoms with van der Waals surface area (Å²) in [5.41, 5.74) is 13.3. The molecule has 68 valence electrons. The lowest BCUT2D eigenvalue weighted by Crippen LogP contribution is -2.23. The second-order valence-corrected chi connectivity index (χ2v) is 2.86. The number of hydrogen-bond donors (Lipinski definition) is 3. The summed E-state index contributed by atoms with van der Waals surface area (Å²) in [6.07, 6.45) is 1.98. The fourth-order valence-electron chi connectivity index (χ4n) is 1.25. The average Bonchev–Trinajstić information content (AvgIpc) is 2.62. The van der Waals surface area contributed by atoms with E-state index in [-0.39, 0.29) is 11.5 Å². The third kappa shape index (κ3) is 1.48. The van der Waals surface area contributed by atoms with Gasteiger partial charge in [0.15, 0.2) is 0 Å². The number of hydrazine groups is 1. The second kappa shape index (κ2) is 3.06. The number of halogens is 1. The van der Waals surface area contributed by atoms with E-state index < -0.39 is 0 Å². The van der Waals surface area contributed by atoms with E-state index in [1.165, 1.54) is 6.07 Å². The third-order valence-corrected chi connectivity index (χ3v) is 1.94. The maximum Gasteiger partial charge on any atom is 0.146 e. The molecular formula is C9H10FN3. The standard InChI is InChI=1S/C9H10FN3/c10-7-2-1-6(5-8(7)11)9-3-4-12-13-9/h1-3,5,12-13H,4,11H2. The topological polar surface area (TPSA) is 50.1 Å². The largest absolute Gasteiger partial charge is 0.396 e. The van der Waals surface area contributed by atoms with Crippen molar-refractivity contribution in [3.05, 3.63) is 35.7 Å². The van der Waals surface area contributed by atoms with Gasteiger partial charge in [0.1, 0.15) is 5.82 Å². The van der Waals surface area contributed by atoms with E-state index in [0.29, 0.717) is 0 Å². The van der Waals surface area contributed by atoms with Crippen LogP contribution >= 0.6 is 0 Å². The number of nitrogens with one attached hydrogen (secondary N) is 2. The van der Waals surface area contributed by atoms with Crippen LogP contribution in [0.3, 0.4) is 0 Å². The predicted octanol–water partition coefficient (Wildman–Crippen LogP) is 0.857. The number of benzene rings is 1. The van der Waals surface area contributed by atoms with Gasteiger partial charge in [-0.25, -0.2) is 9.82 Å². The van der Waals surface area contributed by atoms with Crippen molar-refractivity contribution in [1.29, 1.82) is 0 Å². The highest BCUT2D eigenvalue weighted by molar-refractivity contribution is 5.68. The molecule has 1 heterocycles. The highest BCUT2D eigenvalue weighted by Crippen LogP contribution is 2.18. The molecule has 0 bridgehead atoms. The van der Waals surface area contributed by atoms with Gasteiger partial charge in [-0.3, -0.25) is 0 Å². The smallest absolute Gasteiger partial charge is 0.146 e. The van der Waals surface area contributed by atoms with Crippen molar-refractivity contribution in [1.82, 2.24) is 10.9 Å². The highest BCUT2D eigenvalue weighted by atomic mass is 19.1. The van der Waals surface area contributed by atoms with Gasteiger partial charge in [-0.15, -0.1) is 0 Å². The van der Waals surface area contributed by atoms with Crippen LogP contribution in [-0.4, -0.2) is 6.54 Å². The molecule has 3 nitrogen and oxygen atoms in total. The molecule has 0 radical (unpaired) electrons. The molecular weight excluding hydrogens is 169 g/mol. The summed E-state index contributed by atoms with van der Waals surface area (Å²) in [6.45, 7) is 0.770. The maximum absolute atomic E-state index is 12.8. The van der Waals surface area contributed by atoms with E-state index in [0.717, 1.165) is 17.8 Å². The molecule has 13 heavy (non-hydrogen) atoms. The summed E-state index contributed by atoms with van der Waals surface area (Å²) >= 11 is 0. The Morgan fingerprint density at radius 2 is 2.23 bits per heavy atom. The Morgan fingerprint density at radius 3 is 2.85 bits per heavy atom. The monoisotopic (exact) mass is 179 g/mol. The van der Waals surface area contributed by atoms with E-state index in [4.69, 9.17) is 5.73 Å². The Bertz CT molecular complexity index is 360. The minimum absolute atomic E-state index is 0.173. The molecule has 4 N–H and O–H groups in total. The number of rotatable bonds is 1. The number of hydrogen-bond acceptors (Lipinski definition) is 3. The van der Waals surface area contributed by atoms with Crippen molar-refractivity contribution in [3.63, 3.8) is 0 Å². The van der Waals surface area contributed by atoms with Crippen molar-refractivity contribution in [2.24, 2.45) is 0 Å². The highest BCUT2D eigenvalue weighted by Gasteiger charge is 2.07. The summed E-state index contributed by atoms with van der Waals surface area (Å²) in [5.74, 6) is -0.379. The molecule has 0 aliphatic carbocycles. The lowest BCUT2D eigenvalue weighted by molar-refractivity contribution is 0.632. The maximum atomic E-state index is 12.8. The number of anilines is 1. The lowest BCUT2D eigenvalue weighted by atomic mass is 10.1. The van der Waals surface area contributed by atoms with Crippen molar-refractivity contribution in [2.75, 3.05) is 12.3 Å². The molecule has 0 amide bonds. The van der Waals surface area contributed by atoms with Crippen LogP contribution < -0.4 is 16.6 Å². The molecule has 0 unspecified atom stereocenters. The van der Waals surface area contributed by atoms with E-state index >= 15 is 0 Å². The predicted molar refractivity (Wildman–Crippen MR) is 49.9 cm³/mol. The third-order valence-electron chi connectivity index (χ3n) is 1.94. The zero-order chi connectivity index (χ0) is 9.26. The van der Waals surface area contributed by atoms with Gasteiger partial charge in [-0.2, -0.15) is 0 Å². The number of nitrogens with two attached hydrogens (primary N) is 1. The number of nitrogen functional groups attached to an aromatic ring is 1. The van der Waals surface area contributed by atoms with Crippen molar-refractivity contribution < 1.29 is 4.39 Å². The summed E-state index contributed by atoms with van der Waals surface area (Å²) in [7, 11) is 0. The Morgan fingerprint density at radius 1 is 1.38 bits per heavy atom. The fraction of sp³-hybridized carbons (Fsp3) is 0.111. The van der Waals surface area contributed by atoms with Gasteiger partial charge >= 0.3 is 0 Å². The molecule has 0 saturated carbocycles. The van der Waals surface area contributed by atoms with E-state index in [1.807, 2.05) is 6.08 Å². The van der Waals surface area contributed by atoms with Crippen LogP contribution in [0, 0.1) is 5.82 Å². The van der Waals surface area contributed by atoms with Gasteiger partial charge in [0.25, 0.3) is 0 Å². The molecule has 0 aromatic heterocycles. The average molecular weight is 179 g/mol. The zero-order valence-corrected chi connectivity index (χ0v) is 6.97. The zero-order valence-electron chi connectivity index (χ0n) is 6.97. The van der Waals surface area contributed by atoms with Crippen molar-refractivity contribution in [2.45, 2.75) is 0 Å². The first-order valence-corrected chi connectivity index (χ1v) is 4.02. The summed E-state index contributed by atoms with van der Waals surface area (Å²) in [6, 6.07) is 4.67. The normalized spacial score (nSPS) is 15.3. The van der Waals surface area contributed by atoms with Crippen LogP contribution in [0.4, 0.5) is 10.1 Å². The van der Waals surface area contributed by atoms with Crippen LogP contribution in [-0.2, 0) is 0 Å². The molecule has 1 aliphatic heterocycles. The van der Waals surface area contributed by atoms with Crippen molar-refractivity contribution >= 4 is 11.4 Å². The molecule has 1 aromatic rings. The first-order valence-electron chi connectivity index (χ1n) is 4.02. The Kier molecular flexibility index (Phi) is 1.90. The fourth-order valence-corrected chi connectivity index (χ4v) is 1.25. The molecule has 1 aliphatic rings. The molecule has 0 fully saturated rings. The van der Waals surface area contributed by atoms with Gasteiger partial charge in [-0.05, 0) is 24.3 Å². The molecule has 2 rings (SSSR count). The van der Waals surface area contributed by atoms with Gasteiger partial charge in [0, 0.05) is 12.1 Å². The Balaban J connectivity index is 2.36. The summed E-state index contributed by atoms with van der Waals surface area (Å²) < 4.78 is 12.8. The molecule has 1 aromatic carbocycles. The lowest BCUT2D eigenvalue weighted by Gasteiger charge is -2.05. The van der Waals surface area contributed by atoms with Crippen molar-refractivity contribution in [3.8, 4) is 0 Å². The second-order valence-electron chi connectivity index (χ2n) is 2.86. The molecule has 0 spiro atoms. The van der Waals surface area contributed by atoms with Crippen LogP contribution in [0.25, 0.3) is 5.70 Å². The Hall–Kier alpha value is -1.55. The van der Waals surface area contributed by atoms with Gasteiger partial charge < -0.3 is 11.2 Å². The minimum atomic E-state index is -0.379. The first kappa shape index (κ1) is 8.07. The van der Waals surface area contributed by atoms with Gasteiger partial charge in [0.05, 0.1) is 11.4 Å². The van der Waals surface area contributed by atoms with Crippen LogP contribution in [0.1, 0.15) is 5.56 Å². The molecule has 4 heteroatoms. The van der Waals surface area contributed by atoms with Crippen LogP contribution in [0.2, 0.25) is 0 Å². The van der Waals surface area contributed by atoms with E-state index in [9.17, 15) is 4.39 Å². The molecule has 0 atom stereocenters. The SMILES string of the molecule is Nc1cc(C2=CCNN2)ccc1F. The molecule has 0 saturated heterocycles.